The lowest BCUT2D eigenvalue weighted by molar-refractivity contribution is -0.0683. The van der Waals surface area contributed by atoms with E-state index in [2.05, 4.69) is 0 Å². The molecule has 0 unspecified atom stereocenters. The Morgan fingerprint density at radius 2 is 1.59 bits per heavy atom. The van der Waals surface area contributed by atoms with Crippen molar-refractivity contribution >= 4 is 11.6 Å². The molecule has 0 spiro atoms. The summed E-state index contributed by atoms with van der Waals surface area (Å²) in [5, 5.41) is 0. The summed E-state index contributed by atoms with van der Waals surface area (Å²) in [6.07, 6.45) is -2.39. The highest BCUT2D eigenvalue weighted by Crippen LogP contribution is 2.36. The van der Waals surface area contributed by atoms with Gasteiger partial charge in [-0.2, -0.15) is 13.2 Å². The molecule has 0 aliphatic heterocycles. The Labute approximate surface area is 128 Å². The summed E-state index contributed by atoms with van der Waals surface area (Å²) in [5.41, 5.74) is 1.07. The summed E-state index contributed by atoms with van der Waals surface area (Å²) in [7, 11) is 1.48. The maximum Gasteiger partial charge on any atom is 0.417 e. The van der Waals surface area contributed by atoms with Crippen LogP contribution in [0.15, 0.2) is 48.5 Å². The Morgan fingerprint density at radius 1 is 1.00 bits per heavy atom. The Bertz CT molecular complexity index is 638. The molecule has 4 heteroatoms. The molecule has 0 bridgehead atoms. The summed E-state index contributed by atoms with van der Waals surface area (Å²) in [6.45, 7) is 2.00. The van der Waals surface area contributed by atoms with Gasteiger partial charge in [-0.3, -0.25) is 0 Å². The van der Waals surface area contributed by atoms with E-state index in [0.29, 0.717) is 11.3 Å². The molecule has 0 aromatic heterocycles. The van der Waals surface area contributed by atoms with Gasteiger partial charge in [0.15, 0.2) is 0 Å². The molecule has 0 amide bonds. The average molecular weight is 306 g/mol. The van der Waals surface area contributed by atoms with Crippen LogP contribution in [0.25, 0.3) is 11.6 Å². The molecule has 0 saturated heterocycles. The van der Waals surface area contributed by atoms with Gasteiger partial charge in [0.25, 0.3) is 0 Å². The van der Waals surface area contributed by atoms with Gasteiger partial charge >= 0.3 is 6.18 Å². The third kappa shape index (κ3) is 3.91. The molecule has 2 aromatic rings. The van der Waals surface area contributed by atoms with E-state index in [1.165, 1.54) is 37.5 Å². The van der Waals surface area contributed by atoms with Crippen LogP contribution in [-0.2, 0) is 6.42 Å². The molecule has 0 aliphatic carbocycles. The SMILES string of the molecule is CCc1ccc(C=C(c2ccc(OC)cc2)C(F)(F)F)cc1. The molecule has 0 radical (unpaired) electrons. The predicted octanol–water partition coefficient (Wildman–Crippen LogP) is 5.36. The fourth-order valence-corrected chi connectivity index (χ4v) is 2.12. The fraction of sp³-hybridized carbons (Fsp3) is 0.222. The van der Waals surface area contributed by atoms with Crippen LogP contribution in [0, 0.1) is 0 Å². The molecule has 116 valence electrons. The van der Waals surface area contributed by atoms with E-state index in [0.717, 1.165) is 12.0 Å². The summed E-state index contributed by atoms with van der Waals surface area (Å²) < 4.78 is 44.9. The number of rotatable bonds is 4. The second kappa shape index (κ2) is 6.69. The van der Waals surface area contributed by atoms with Gasteiger partial charge in [0.1, 0.15) is 5.75 Å². The molecular formula is C18H17F3O. The van der Waals surface area contributed by atoms with E-state index in [1.807, 2.05) is 19.1 Å². The van der Waals surface area contributed by atoms with E-state index < -0.39 is 11.7 Å². The van der Waals surface area contributed by atoms with Crippen molar-refractivity contribution < 1.29 is 17.9 Å². The first-order valence-electron chi connectivity index (χ1n) is 6.96. The zero-order chi connectivity index (χ0) is 16.2. The number of hydrogen-bond acceptors (Lipinski definition) is 1. The minimum atomic E-state index is -4.42. The molecule has 0 N–H and O–H groups in total. The minimum Gasteiger partial charge on any atom is -0.497 e. The maximum absolute atomic E-state index is 13.3. The highest BCUT2D eigenvalue weighted by atomic mass is 19.4. The van der Waals surface area contributed by atoms with Gasteiger partial charge in [0, 0.05) is 0 Å². The molecule has 0 fully saturated rings. The van der Waals surface area contributed by atoms with Crippen LogP contribution < -0.4 is 4.74 Å². The van der Waals surface area contributed by atoms with Gasteiger partial charge in [-0.15, -0.1) is 0 Å². The molecule has 0 saturated carbocycles. The van der Waals surface area contributed by atoms with Crippen LogP contribution in [0.4, 0.5) is 13.2 Å². The first kappa shape index (κ1) is 16.1. The quantitative estimate of drug-likeness (QED) is 0.691. The van der Waals surface area contributed by atoms with E-state index in [-0.39, 0.29) is 5.56 Å². The third-order valence-corrected chi connectivity index (χ3v) is 3.41. The number of alkyl halides is 3. The lowest BCUT2D eigenvalue weighted by Gasteiger charge is -2.13. The highest BCUT2D eigenvalue weighted by molar-refractivity contribution is 5.84. The van der Waals surface area contributed by atoms with Crippen molar-refractivity contribution in [2.45, 2.75) is 19.5 Å². The number of ether oxygens (including phenoxy) is 1. The van der Waals surface area contributed by atoms with Gasteiger partial charge in [0.2, 0.25) is 0 Å². The number of methoxy groups -OCH3 is 1. The molecule has 2 aromatic carbocycles. The zero-order valence-electron chi connectivity index (χ0n) is 12.4. The van der Waals surface area contributed by atoms with Gasteiger partial charge in [-0.05, 0) is 41.3 Å². The van der Waals surface area contributed by atoms with Crippen molar-refractivity contribution in [2.24, 2.45) is 0 Å². The number of halogens is 3. The number of benzene rings is 2. The number of allylic oxidation sites excluding steroid dienone is 1. The van der Waals surface area contributed by atoms with Crippen molar-refractivity contribution in [3.63, 3.8) is 0 Å². The van der Waals surface area contributed by atoms with E-state index >= 15 is 0 Å². The Hall–Kier alpha value is -2.23. The summed E-state index contributed by atoms with van der Waals surface area (Å²) in [5.74, 6) is 0.526. The number of aryl methyl sites for hydroxylation is 1. The molecule has 22 heavy (non-hydrogen) atoms. The average Bonchev–Trinajstić information content (AvgIpc) is 2.52. The van der Waals surface area contributed by atoms with Crippen LogP contribution in [0.1, 0.15) is 23.6 Å². The van der Waals surface area contributed by atoms with Crippen molar-refractivity contribution in [3.8, 4) is 5.75 Å². The summed E-state index contributed by atoms with van der Waals surface area (Å²) >= 11 is 0. The molecular weight excluding hydrogens is 289 g/mol. The standard InChI is InChI=1S/C18H17F3O/c1-3-13-4-6-14(7-5-13)12-17(18(19,20)21)15-8-10-16(22-2)11-9-15/h4-12H,3H2,1-2H3. The van der Waals surface area contributed by atoms with E-state index in [9.17, 15) is 13.2 Å². The molecule has 0 atom stereocenters. The summed E-state index contributed by atoms with van der Waals surface area (Å²) in [4.78, 5) is 0. The highest BCUT2D eigenvalue weighted by Gasteiger charge is 2.34. The smallest absolute Gasteiger partial charge is 0.417 e. The first-order chi connectivity index (χ1) is 10.4. The Balaban J connectivity index is 2.42. The largest absolute Gasteiger partial charge is 0.497 e. The van der Waals surface area contributed by atoms with Crippen LogP contribution in [0.2, 0.25) is 0 Å². The second-order valence-corrected chi connectivity index (χ2v) is 4.88. The molecule has 0 aliphatic rings. The fourth-order valence-electron chi connectivity index (χ4n) is 2.12. The van der Waals surface area contributed by atoms with Gasteiger partial charge in [0.05, 0.1) is 12.7 Å². The maximum atomic E-state index is 13.3. The van der Waals surface area contributed by atoms with Gasteiger partial charge in [-0.25, -0.2) is 0 Å². The zero-order valence-corrected chi connectivity index (χ0v) is 12.4. The first-order valence-corrected chi connectivity index (χ1v) is 6.96. The predicted molar refractivity (Wildman–Crippen MR) is 82.7 cm³/mol. The lowest BCUT2D eigenvalue weighted by Crippen LogP contribution is -2.10. The van der Waals surface area contributed by atoms with Crippen LogP contribution in [0.5, 0.6) is 5.75 Å². The molecule has 0 heterocycles. The topological polar surface area (TPSA) is 9.23 Å². The molecule has 2 rings (SSSR count). The van der Waals surface area contributed by atoms with Crippen molar-refractivity contribution in [1.29, 1.82) is 0 Å². The monoisotopic (exact) mass is 306 g/mol. The van der Waals surface area contributed by atoms with E-state index in [1.54, 1.807) is 12.1 Å². The lowest BCUT2D eigenvalue weighted by atomic mass is 10.0. The molecule has 1 nitrogen and oxygen atoms in total. The Morgan fingerprint density at radius 3 is 2.05 bits per heavy atom. The van der Waals surface area contributed by atoms with Crippen LogP contribution in [-0.4, -0.2) is 13.3 Å². The van der Waals surface area contributed by atoms with Gasteiger partial charge in [-0.1, -0.05) is 43.3 Å². The van der Waals surface area contributed by atoms with Crippen LogP contribution in [0.3, 0.4) is 0 Å². The minimum absolute atomic E-state index is 0.118. The van der Waals surface area contributed by atoms with Crippen molar-refractivity contribution in [3.05, 3.63) is 65.2 Å². The van der Waals surface area contributed by atoms with Crippen molar-refractivity contribution in [1.82, 2.24) is 0 Å². The normalized spacial score (nSPS) is 12.3. The number of hydrogen-bond donors (Lipinski definition) is 0. The summed E-state index contributed by atoms with van der Waals surface area (Å²) in [6, 6.07) is 13.0. The van der Waals surface area contributed by atoms with Crippen molar-refractivity contribution in [2.75, 3.05) is 7.11 Å². The van der Waals surface area contributed by atoms with Gasteiger partial charge < -0.3 is 4.74 Å². The third-order valence-electron chi connectivity index (χ3n) is 3.41. The van der Waals surface area contributed by atoms with Crippen LogP contribution >= 0.6 is 0 Å². The van der Waals surface area contributed by atoms with E-state index in [4.69, 9.17) is 4.74 Å². The second-order valence-electron chi connectivity index (χ2n) is 4.88. The Kier molecular flexibility index (Phi) is 4.91.